The summed E-state index contributed by atoms with van der Waals surface area (Å²) >= 11 is 0. The first-order valence-electron chi connectivity index (χ1n) is 8.21. The summed E-state index contributed by atoms with van der Waals surface area (Å²) in [6, 6.07) is 17.4. The van der Waals surface area contributed by atoms with Crippen molar-refractivity contribution in [2.24, 2.45) is 0 Å². The molecule has 1 heterocycles. The number of benzene rings is 2. The number of hydrogen-bond donors (Lipinski definition) is 1. The molecule has 1 aromatic heterocycles. The van der Waals surface area contributed by atoms with Gasteiger partial charge in [-0.05, 0) is 30.2 Å². The van der Waals surface area contributed by atoms with Crippen LogP contribution in [0.25, 0.3) is 0 Å². The molecule has 0 atom stereocenters. The largest absolute Gasteiger partial charge is 0.494 e. The second-order valence-electron chi connectivity index (χ2n) is 5.55. The van der Waals surface area contributed by atoms with Crippen LogP contribution in [0.4, 0.5) is 0 Å². The molecule has 0 saturated heterocycles. The van der Waals surface area contributed by atoms with Gasteiger partial charge in [-0.15, -0.1) is 0 Å². The Balaban J connectivity index is 1.64. The molecule has 0 amide bonds. The molecule has 0 aliphatic rings. The van der Waals surface area contributed by atoms with E-state index in [2.05, 4.69) is 9.97 Å². The number of ether oxygens (including phenoxy) is 2. The lowest BCUT2D eigenvalue weighted by Crippen LogP contribution is -2.15. The van der Waals surface area contributed by atoms with Crippen molar-refractivity contribution in [2.45, 2.75) is 20.0 Å². The van der Waals surface area contributed by atoms with Crippen molar-refractivity contribution in [3.8, 4) is 11.5 Å². The molecule has 0 saturated carbocycles. The Hall–Kier alpha value is -3.08. The molecule has 0 fully saturated rings. The van der Waals surface area contributed by atoms with Gasteiger partial charge >= 0.3 is 0 Å². The summed E-state index contributed by atoms with van der Waals surface area (Å²) in [5, 5.41) is 0. The Bertz CT molecular complexity index is 858. The zero-order valence-corrected chi connectivity index (χ0v) is 14.1. The molecule has 3 aromatic rings. The molecule has 128 valence electrons. The van der Waals surface area contributed by atoms with Gasteiger partial charge in [-0.3, -0.25) is 4.79 Å². The van der Waals surface area contributed by atoms with Crippen LogP contribution in [-0.2, 0) is 13.0 Å². The third-order valence-electron chi connectivity index (χ3n) is 3.66. The van der Waals surface area contributed by atoms with E-state index in [1.54, 1.807) is 0 Å². The van der Waals surface area contributed by atoms with Crippen molar-refractivity contribution in [1.82, 2.24) is 9.97 Å². The molecule has 0 spiro atoms. The zero-order chi connectivity index (χ0) is 17.5. The number of nitrogens with one attached hydrogen (secondary N) is 1. The lowest BCUT2D eigenvalue weighted by atomic mass is 10.1. The average Bonchev–Trinajstić information content (AvgIpc) is 2.64. The number of nitrogens with zero attached hydrogens (tertiary/aromatic N) is 1. The Morgan fingerprint density at radius 3 is 2.40 bits per heavy atom. The topological polar surface area (TPSA) is 64.2 Å². The van der Waals surface area contributed by atoms with Gasteiger partial charge in [0, 0.05) is 6.42 Å². The number of aromatic amines is 1. The van der Waals surface area contributed by atoms with Crippen molar-refractivity contribution in [3.05, 3.63) is 88.1 Å². The highest BCUT2D eigenvalue weighted by Gasteiger charge is 2.05. The Morgan fingerprint density at radius 1 is 0.960 bits per heavy atom. The lowest BCUT2D eigenvalue weighted by molar-refractivity contribution is 0.300. The van der Waals surface area contributed by atoms with Crippen LogP contribution in [-0.4, -0.2) is 16.6 Å². The van der Waals surface area contributed by atoms with Crippen LogP contribution in [0.1, 0.15) is 23.9 Å². The fourth-order valence-corrected chi connectivity index (χ4v) is 2.41. The van der Waals surface area contributed by atoms with Gasteiger partial charge in [0.1, 0.15) is 18.2 Å². The van der Waals surface area contributed by atoms with Crippen LogP contribution in [0.5, 0.6) is 11.5 Å². The monoisotopic (exact) mass is 336 g/mol. The molecule has 0 aliphatic carbocycles. The summed E-state index contributed by atoms with van der Waals surface area (Å²) in [6.07, 6.45) is 2.02. The minimum Gasteiger partial charge on any atom is -0.494 e. The number of rotatable bonds is 7. The minimum atomic E-state index is -0.271. The van der Waals surface area contributed by atoms with Crippen molar-refractivity contribution in [1.29, 1.82) is 0 Å². The fourth-order valence-electron chi connectivity index (χ4n) is 2.41. The Kier molecular flexibility index (Phi) is 5.46. The van der Waals surface area contributed by atoms with Crippen molar-refractivity contribution >= 4 is 0 Å². The normalized spacial score (nSPS) is 10.4. The maximum absolute atomic E-state index is 12.2. The first-order chi connectivity index (χ1) is 12.2. The summed E-state index contributed by atoms with van der Waals surface area (Å²) in [6.45, 7) is 2.92. The molecule has 0 aliphatic heterocycles. The Labute approximate surface area is 146 Å². The quantitative estimate of drug-likeness (QED) is 0.719. The van der Waals surface area contributed by atoms with Gasteiger partial charge < -0.3 is 14.5 Å². The van der Waals surface area contributed by atoms with Crippen molar-refractivity contribution in [3.63, 3.8) is 0 Å². The van der Waals surface area contributed by atoms with Crippen LogP contribution < -0.4 is 15.0 Å². The standard InChI is InChI=1S/C20H20N2O3/c1-2-24-17-10-8-15(9-11-17)12-19-21-13-18(20(23)22-19)25-14-16-6-4-3-5-7-16/h3-11,13H,2,12,14H2,1H3,(H,21,22,23). The van der Waals surface area contributed by atoms with Crippen LogP contribution in [0.15, 0.2) is 65.6 Å². The molecule has 1 N–H and O–H groups in total. The van der Waals surface area contributed by atoms with E-state index >= 15 is 0 Å². The van der Waals surface area contributed by atoms with Gasteiger partial charge in [-0.1, -0.05) is 42.5 Å². The smallest absolute Gasteiger partial charge is 0.293 e. The van der Waals surface area contributed by atoms with Gasteiger partial charge in [0.05, 0.1) is 12.8 Å². The van der Waals surface area contributed by atoms with Gasteiger partial charge in [0.25, 0.3) is 5.56 Å². The van der Waals surface area contributed by atoms with E-state index in [0.29, 0.717) is 25.5 Å². The Morgan fingerprint density at radius 2 is 1.72 bits per heavy atom. The summed E-state index contributed by atoms with van der Waals surface area (Å²) in [4.78, 5) is 19.2. The molecule has 5 heteroatoms. The highest BCUT2D eigenvalue weighted by atomic mass is 16.5. The highest BCUT2D eigenvalue weighted by molar-refractivity contribution is 5.29. The second-order valence-corrected chi connectivity index (χ2v) is 5.55. The van der Waals surface area contributed by atoms with Gasteiger partial charge in [-0.25, -0.2) is 4.98 Å². The van der Waals surface area contributed by atoms with Crippen LogP contribution >= 0.6 is 0 Å². The SMILES string of the molecule is CCOc1ccc(Cc2ncc(OCc3ccccc3)c(=O)[nH]2)cc1. The third kappa shape index (κ3) is 4.70. The maximum Gasteiger partial charge on any atom is 0.293 e. The van der Waals surface area contributed by atoms with E-state index in [9.17, 15) is 4.79 Å². The molecule has 0 radical (unpaired) electrons. The van der Waals surface area contributed by atoms with Crippen LogP contribution in [0.3, 0.4) is 0 Å². The molecule has 5 nitrogen and oxygen atoms in total. The number of hydrogen-bond acceptors (Lipinski definition) is 4. The van der Waals surface area contributed by atoms with Gasteiger partial charge in [0.2, 0.25) is 5.75 Å². The number of H-pyrrole nitrogens is 1. The second kappa shape index (κ2) is 8.15. The van der Waals surface area contributed by atoms with E-state index in [1.807, 2.05) is 61.5 Å². The van der Waals surface area contributed by atoms with Gasteiger partial charge in [-0.2, -0.15) is 0 Å². The molecular formula is C20H20N2O3. The molecule has 2 aromatic carbocycles. The summed E-state index contributed by atoms with van der Waals surface area (Å²) in [5.41, 5.74) is 1.77. The molecular weight excluding hydrogens is 316 g/mol. The first kappa shape index (κ1) is 16.8. The lowest BCUT2D eigenvalue weighted by Gasteiger charge is -2.07. The summed E-state index contributed by atoms with van der Waals surface area (Å²) in [5.74, 6) is 1.65. The average molecular weight is 336 g/mol. The molecule has 0 bridgehead atoms. The van der Waals surface area contributed by atoms with E-state index in [-0.39, 0.29) is 11.3 Å². The van der Waals surface area contributed by atoms with Gasteiger partial charge in [0.15, 0.2) is 0 Å². The molecule has 0 unspecified atom stereocenters. The minimum absolute atomic E-state index is 0.222. The number of aromatic nitrogens is 2. The van der Waals surface area contributed by atoms with E-state index in [4.69, 9.17) is 9.47 Å². The van der Waals surface area contributed by atoms with E-state index in [0.717, 1.165) is 16.9 Å². The summed E-state index contributed by atoms with van der Waals surface area (Å²) < 4.78 is 11.0. The zero-order valence-electron chi connectivity index (χ0n) is 14.1. The fraction of sp³-hybridized carbons (Fsp3) is 0.200. The third-order valence-corrected chi connectivity index (χ3v) is 3.66. The van der Waals surface area contributed by atoms with Crippen molar-refractivity contribution < 1.29 is 9.47 Å². The van der Waals surface area contributed by atoms with Crippen molar-refractivity contribution in [2.75, 3.05) is 6.61 Å². The first-order valence-corrected chi connectivity index (χ1v) is 8.21. The summed E-state index contributed by atoms with van der Waals surface area (Å²) in [7, 11) is 0. The molecule has 3 rings (SSSR count). The van der Waals surface area contributed by atoms with Crippen LogP contribution in [0, 0.1) is 0 Å². The predicted octanol–water partition coefficient (Wildman–Crippen LogP) is 3.34. The molecule has 25 heavy (non-hydrogen) atoms. The highest BCUT2D eigenvalue weighted by Crippen LogP contribution is 2.14. The van der Waals surface area contributed by atoms with Crippen LogP contribution in [0.2, 0.25) is 0 Å². The van der Waals surface area contributed by atoms with E-state index in [1.165, 1.54) is 6.20 Å². The predicted molar refractivity (Wildman–Crippen MR) is 96.0 cm³/mol. The maximum atomic E-state index is 12.2. The van der Waals surface area contributed by atoms with E-state index < -0.39 is 0 Å².